The number of carbonyl (C=O) groups excluding carboxylic acids is 3. The van der Waals surface area contributed by atoms with Gasteiger partial charge in [0.25, 0.3) is 0 Å². The molecule has 2 bridgehead atoms. The molecule has 0 radical (unpaired) electrons. The minimum atomic E-state index is -4.01. The standard InChI is InChI=1S/C34H40N6O6S/c1-33(2)26-27(33)32(43)38-19-34(20-38)21-40(47(44,45)24-14-36-39(16-24)15-22-10-6-4-7-11-22)17-25(34)30(41)37-28(31(42)35-3)29(26)46-18-23-12-8-5-9-13-23/h4-14,16,25-29H,15,17-21H2,1-3H3,(H,35,42)(H,37,41)/t25-,26?,27+,28-,29+/m0/s1. The van der Waals surface area contributed by atoms with Crippen molar-refractivity contribution >= 4 is 27.7 Å². The molecule has 4 aliphatic heterocycles. The number of hydrogen-bond acceptors (Lipinski definition) is 7. The zero-order valence-electron chi connectivity index (χ0n) is 26.7. The summed E-state index contributed by atoms with van der Waals surface area (Å²) in [6.45, 7) is 5.14. The average molecular weight is 661 g/mol. The van der Waals surface area contributed by atoms with Crippen molar-refractivity contribution in [3.8, 4) is 0 Å². The van der Waals surface area contributed by atoms with Crippen LogP contribution in [0.4, 0.5) is 0 Å². The first-order valence-electron chi connectivity index (χ1n) is 16.0. The van der Waals surface area contributed by atoms with Crippen LogP contribution in [-0.2, 0) is 42.3 Å². The van der Waals surface area contributed by atoms with E-state index in [1.54, 1.807) is 9.58 Å². The van der Waals surface area contributed by atoms with Gasteiger partial charge in [0.05, 0.1) is 31.4 Å². The molecule has 5 atom stereocenters. The Hall–Kier alpha value is -4.07. The van der Waals surface area contributed by atoms with Crippen LogP contribution in [0.3, 0.4) is 0 Å². The second-order valence-corrected chi connectivity index (χ2v) is 15.9. The molecule has 5 aliphatic rings. The summed E-state index contributed by atoms with van der Waals surface area (Å²) in [5, 5.41) is 9.94. The fourth-order valence-electron chi connectivity index (χ4n) is 7.98. The molecule has 4 saturated heterocycles. The van der Waals surface area contributed by atoms with Gasteiger partial charge in [-0.05, 0) is 16.5 Å². The smallest absolute Gasteiger partial charge is 0.246 e. The maximum atomic E-state index is 14.2. The summed E-state index contributed by atoms with van der Waals surface area (Å²) < 4.78 is 37.2. The predicted octanol–water partition coefficient (Wildman–Crippen LogP) is 1.48. The van der Waals surface area contributed by atoms with Crippen LogP contribution >= 0.6 is 0 Å². The highest BCUT2D eigenvalue weighted by molar-refractivity contribution is 7.89. The van der Waals surface area contributed by atoms with Crippen molar-refractivity contribution in [3.63, 3.8) is 0 Å². The molecule has 8 rings (SSSR count). The Balaban J connectivity index is 1.17. The third kappa shape index (κ3) is 5.43. The number of likely N-dealkylation sites (N-methyl/N-ethyl adjacent to an activating group) is 1. The average Bonchev–Trinajstić information content (AvgIpc) is 3.39. The summed E-state index contributed by atoms with van der Waals surface area (Å²) in [7, 11) is -2.51. The number of benzene rings is 2. The van der Waals surface area contributed by atoms with Gasteiger partial charge in [0.1, 0.15) is 10.9 Å². The van der Waals surface area contributed by atoms with Gasteiger partial charge in [-0.2, -0.15) is 9.40 Å². The fraction of sp³-hybridized carbons (Fsp3) is 0.471. The lowest BCUT2D eigenvalue weighted by Gasteiger charge is -2.50. The van der Waals surface area contributed by atoms with Gasteiger partial charge >= 0.3 is 0 Å². The molecular formula is C34H40N6O6S. The minimum Gasteiger partial charge on any atom is -0.371 e. The van der Waals surface area contributed by atoms with E-state index in [4.69, 9.17) is 4.74 Å². The minimum absolute atomic E-state index is 0.0400. The van der Waals surface area contributed by atoms with E-state index < -0.39 is 56.6 Å². The molecule has 5 fully saturated rings. The molecule has 5 heterocycles. The van der Waals surface area contributed by atoms with Crippen molar-refractivity contribution in [1.82, 2.24) is 29.6 Å². The van der Waals surface area contributed by atoms with E-state index >= 15 is 0 Å². The number of hydrogen-bond donors (Lipinski definition) is 2. The highest BCUT2D eigenvalue weighted by Gasteiger charge is 2.70. The van der Waals surface area contributed by atoms with E-state index in [1.165, 1.54) is 23.7 Å². The normalized spacial score (nSPS) is 27.9. The van der Waals surface area contributed by atoms with Crippen LogP contribution < -0.4 is 10.6 Å². The molecule has 248 valence electrons. The maximum Gasteiger partial charge on any atom is 0.246 e. The predicted molar refractivity (Wildman–Crippen MR) is 171 cm³/mol. The zero-order valence-corrected chi connectivity index (χ0v) is 27.5. The second kappa shape index (κ2) is 11.6. The van der Waals surface area contributed by atoms with Crippen LogP contribution in [0.2, 0.25) is 0 Å². The van der Waals surface area contributed by atoms with Crippen LogP contribution in [0, 0.1) is 28.6 Å². The van der Waals surface area contributed by atoms with Gasteiger partial charge in [0.2, 0.25) is 27.7 Å². The number of nitrogens with zero attached hydrogens (tertiary/aromatic N) is 4. The lowest BCUT2D eigenvalue weighted by molar-refractivity contribution is -0.151. The van der Waals surface area contributed by atoms with E-state index in [2.05, 4.69) is 15.7 Å². The molecule has 1 aliphatic carbocycles. The Labute approximate surface area is 274 Å². The molecule has 1 aromatic heterocycles. The first-order valence-corrected chi connectivity index (χ1v) is 17.4. The highest BCUT2D eigenvalue weighted by Crippen LogP contribution is 2.63. The van der Waals surface area contributed by atoms with Crippen LogP contribution in [0.25, 0.3) is 0 Å². The first kappa shape index (κ1) is 31.5. The number of rotatable bonds is 8. The molecule has 1 spiro atoms. The quantitative estimate of drug-likeness (QED) is 0.373. The second-order valence-electron chi connectivity index (χ2n) is 14.0. The molecule has 12 nitrogen and oxygen atoms in total. The third-order valence-electron chi connectivity index (χ3n) is 10.7. The van der Waals surface area contributed by atoms with E-state index in [-0.39, 0.29) is 49.5 Å². The van der Waals surface area contributed by atoms with Gasteiger partial charge in [0, 0.05) is 56.7 Å². The van der Waals surface area contributed by atoms with Gasteiger partial charge in [-0.1, -0.05) is 74.5 Å². The summed E-state index contributed by atoms with van der Waals surface area (Å²) in [5.74, 6) is -2.39. The Morgan fingerprint density at radius 2 is 1.68 bits per heavy atom. The Morgan fingerprint density at radius 1 is 1.02 bits per heavy atom. The van der Waals surface area contributed by atoms with Crippen molar-refractivity contribution in [2.45, 2.75) is 44.0 Å². The number of carbonyl (C=O) groups is 3. The molecule has 13 heteroatoms. The van der Waals surface area contributed by atoms with Crippen molar-refractivity contribution in [2.75, 3.05) is 33.2 Å². The number of fused-ring (bicyclic) bond motifs is 3. The molecule has 3 aromatic rings. The number of ether oxygens (including phenoxy) is 1. The fourth-order valence-corrected chi connectivity index (χ4v) is 9.49. The van der Waals surface area contributed by atoms with Crippen LogP contribution in [0.15, 0.2) is 78.0 Å². The van der Waals surface area contributed by atoms with Crippen molar-refractivity contribution in [1.29, 1.82) is 0 Å². The molecule has 47 heavy (non-hydrogen) atoms. The van der Waals surface area contributed by atoms with Gasteiger partial charge in [0.15, 0.2) is 0 Å². The molecule has 1 saturated carbocycles. The van der Waals surface area contributed by atoms with Crippen molar-refractivity contribution in [2.24, 2.45) is 28.6 Å². The SMILES string of the molecule is CNC(=O)[C@H]1NC(=O)[C@@H]2CN(S(=O)(=O)c3cnn(Cc4ccccc4)c3)CC23CN(C3)C(=O)[C@H]2C([C@H]1OCc1ccccc1)C2(C)C. The van der Waals surface area contributed by atoms with Crippen molar-refractivity contribution < 1.29 is 27.5 Å². The first-order chi connectivity index (χ1) is 22.4. The summed E-state index contributed by atoms with van der Waals surface area (Å²) >= 11 is 0. The molecule has 3 amide bonds. The summed E-state index contributed by atoms with van der Waals surface area (Å²) in [6, 6.07) is 18.1. The van der Waals surface area contributed by atoms with E-state index in [0.717, 1.165) is 11.1 Å². The molecule has 2 N–H and O–H groups in total. The lowest BCUT2D eigenvalue weighted by Crippen LogP contribution is -2.65. The lowest BCUT2D eigenvalue weighted by atomic mass is 9.71. The van der Waals surface area contributed by atoms with Crippen LogP contribution in [-0.4, -0.2) is 90.5 Å². The summed E-state index contributed by atoms with van der Waals surface area (Å²) in [5.41, 5.74) is 0.634. The van der Waals surface area contributed by atoms with E-state index in [9.17, 15) is 22.8 Å². The third-order valence-corrected chi connectivity index (χ3v) is 12.4. The molecule has 2 aromatic carbocycles. The van der Waals surface area contributed by atoms with Crippen LogP contribution in [0.1, 0.15) is 25.0 Å². The van der Waals surface area contributed by atoms with Gasteiger partial charge in [-0.3, -0.25) is 19.1 Å². The number of nitrogens with one attached hydrogen (secondary N) is 2. The van der Waals surface area contributed by atoms with E-state index in [1.807, 2.05) is 74.5 Å². The number of amides is 3. The van der Waals surface area contributed by atoms with Gasteiger partial charge in [-0.15, -0.1) is 0 Å². The zero-order chi connectivity index (χ0) is 33.1. The van der Waals surface area contributed by atoms with E-state index in [0.29, 0.717) is 6.54 Å². The summed E-state index contributed by atoms with van der Waals surface area (Å²) in [6.07, 6.45) is 2.05. The van der Waals surface area contributed by atoms with Crippen molar-refractivity contribution in [3.05, 3.63) is 84.2 Å². The largest absolute Gasteiger partial charge is 0.371 e. The number of sulfonamides is 1. The Bertz CT molecular complexity index is 1790. The molecular weight excluding hydrogens is 620 g/mol. The number of aromatic nitrogens is 2. The monoisotopic (exact) mass is 660 g/mol. The molecule has 1 unspecified atom stereocenters. The highest BCUT2D eigenvalue weighted by atomic mass is 32.2. The topological polar surface area (TPSA) is 143 Å². The summed E-state index contributed by atoms with van der Waals surface area (Å²) in [4.78, 5) is 43.4. The van der Waals surface area contributed by atoms with Gasteiger partial charge < -0.3 is 20.3 Å². The van der Waals surface area contributed by atoms with Gasteiger partial charge in [-0.25, -0.2) is 8.42 Å². The Kier molecular flexibility index (Phi) is 7.76. The Morgan fingerprint density at radius 3 is 2.34 bits per heavy atom. The maximum absolute atomic E-state index is 14.2. The van der Waals surface area contributed by atoms with Crippen LogP contribution in [0.5, 0.6) is 0 Å².